The molecule has 51 heavy (non-hydrogen) atoms. The average Bonchev–Trinajstić information content (AvgIpc) is 3.43. The second-order valence-electron chi connectivity index (χ2n) is 14.0. The van der Waals surface area contributed by atoms with Crippen molar-refractivity contribution < 1.29 is 0 Å². The highest BCUT2D eigenvalue weighted by Crippen LogP contribution is 2.51. The molecule has 0 N–H and O–H groups in total. The largest absolute Gasteiger partial charge is 0.208 e. The fourth-order valence-corrected chi connectivity index (χ4v) is 8.20. The van der Waals surface area contributed by atoms with Gasteiger partial charge in [0.1, 0.15) is 0 Å². The van der Waals surface area contributed by atoms with Crippen LogP contribution in [-0.4, -0.2) is 15.0 Å². The first-order chi connectivity index (χ1) is 25.0. The number of hydrogen-bond acceptors (Lipinski definition) is 3. The fraction of sp³-hybridized carbons (Fsp3) is 0.0625. The summed E-state index contributed by atoms with van der Waals surface area (Å²) in [4.78, 5) is 15.4. The fourth-order valence-electron chi connectivity index (χ4n) is 8.20. The molecule has 1 aromatic heterocycles. The Bertz CT molecular complexity index is 2820. The molecule has 0 fully saturated rings. The second-order valence-corrected chi connectivity index (χ2v) is 14.0. The first-order valence-electron chi connectivity index (χ1n) is 17.5. The normalized spacial score (nSPS) is 13.1. The van der Waals surface area contributed by atoms with Crippen molar-refractivity contribution in [2.24, 2.45) is 0 Å². The molecule has 0 radical (unpaired) electrons. The molecule has 0 atom stereocenters. The van der Waals surface area contributed by atoms with Crippen LogP contribution in [0.4, 0.5) is 0 Å². The molecule has 3 heteroatoms. The summed E-state index contributed by atoms with van der Waals surface area (Å²) in [5, 5.41) is 7.50. The van der Waals surface area contributed by atoms with Crippen molar-refractivity contribution in [3.63, 3.8) is 0 Å². The van der Waals surface area contributed by atoms with E-state index in [0.29, 0.717) is 17.5 Å². The van der Waals surface area contributed by atoms with Crippen LogP contribution in [0.3, 0.4) is 0 Å². The Labute approximate surface area is 297 Å². The van der Waals surface area contributed by atoms with E-state index in [1.54, 1.807) is 0 Å². The lowest BCUT2D eigenvalue weighted by molar-refractivity contribution is 0.660. The first kappa shape index (κ1) is 29.5. The topological polar surface area (TPSA) is 38.7 Å². The van der Waals surface area contributed by atoms with Crippen LogP contribution in [0.5, 0.6) is 0 Å². The van der Waals surface area contributed by atoms with Crippen LogP contribution in [0.25, 0.3) is 88.7 Å². The molecule has 0 aliphatic heterocycles. The summed E-state index contributed by atoms with van der Waals surface area (Å²) >= 11 is 0. The predicted molar refractivity (Wildman–Crippen MR) is 212 cm³/mol. The molecule has 3 nitrogen and oxygen atoms in total. The molecule has 9 aromatic rings. The summed E-state index contributed by atoms with van der Waals surface area (Å²) in [6.45, 7) is 4.61. The first-order valence-corrected chi connectivity index (χ1v) is 17.5. The summed E-state index contributed by atoms with van der Waals surface area (Å²) in [7, 11) is 0. The molecule has 10 rings (SSSR count). The monoisotopic (exact) mass is 651 g/mol. The summed E-state index contributed by atoms with van der Waals surface area (Å²) in [5.41, 5.74) is 10.3. The van der Waals surface area contributed by atoms with Crippen LogP contribution in [0.2, 0.25) is 0 Å². The van der Waals surface area contributed by atoms with Crippen molar-refractivity contribution >= 4 is 32.3 Å². The lowest BCUT2D eigenvalue weighted by atomic mass is 9.82. The van der Waals surface area contributed by atoms with Crippen LogP contribution in [0.15, 0.2) is 164 Å². The van der Waals surface area contributed by atoms with Gasteiger partial charge in [0.05, 0.1) is 0 Å². The Morgan fingerprint density at radius 3 is 1.75 bits per heavy atom. The van der Waals surface area contributed by atoms with Gasteiger partial charge in [0, 0.05) is 22.1 Å². The standard InChI is InChI=1S/C48H33N3/c1-48(2)41-21-11-10-19-38(41)44-39(20-12-22-42(44)48)47-50-45(32-14-4-3-5-15-32)49-46(51-47)33-25-23-31(24-26-33)43-36-18-9-7-16-34(36)29-40-35-17-8-6-13-30(35)27-28-37(40)43/h3-29H,1-2H3. The highest BCUT2D eigenvalue weighted by atomic mass is 15.0. The number of nitrogens with zero attached hydrogens (tertiary/aromatic N) is 3. The minimum Gasteiger partial charge on any atom is -0.208 e. The maximum Gasteiger partial charge on any atom is 0.164 e. The van der Waals surface area contributed by atoms with E-state index in [9.17, 15) is 0 Å². The maximum atomic E-state index is 5.21. The van der Waals surface area contributed by atoms with Gasteiger partial charge in [-0.15, -0.1) is 0 Å². The minimum atomic E-state index is -0.117. The van der Waals surface area contributed by atoms with Crippen molar-refractivity contribution in [3.05, 3.63) is 175 Å². The van der Waals surface area contributed by atoms with Crippen LogP contribution in [-0.2, 0) is 5.41 Å². The van der Waals surface area contributed by atoms with Crippen LogP contribution < -0.4 is 0 Å². The van der Waals surface area contributed by atoms with Gasteiger partial charge in [0.15, 0.2) is 17.5 Å². The van der Waals surface area contributed by atoms with E-state index in [1.165, 1.54) is 60.1 Å². The van der Waals surface area contributed by atoms with Gasteiger partial charge in [-0.1, -0.05) is 172 Å². The Morgan fingerprint density at radius 1 is 0.353 bits per heavy atom. The third-order valence-electron chi connectivity index (χ3n) is 10.7. The van der Waals surface area contributed by atoms with Crippen LogP contribution >= 0.6 is 0 Å². The SMILES string of the molecule is CC1(C)c2ccccc2-c2c(-c3nc(-c4ccccc4)nc(-c4ccc(-c5c6ccccc6cc6c5ccc5ccccc56)cc4)n3)cccc21. The van der Waals surface area contributed by atoms with Crippen molar-refractivity contribution in [2.75, 3.05) is 0 Å². The molecule has 0 spiro atoms. The van der Waals surface area contributed by atoms with Gasteiger partial charge < -0.3 is 0 Å². The van der Waals surface area contributed by atoms with Gasteiger partial charge in [-0.2, -0.15) is 0 Å². The molecule has 0 amide bonds. The number of benzene rings is 8. The second kappa shape index (κ2) is 11.3. The minimum absolute atomic E-state index is 0.117. The van der Waals surface area contributed by atoms with Gasteiger partial charge >= 0.3 is 0 Å². The Kier molecular flexibility index (Phi) is 6.53. The van der Waals surface area contributed by atoms with E-state index in [0.717, 1.165) is 22.3 Å². The number of fused-ring (bicyclic) bond motifs is 7. The summed E-state index contributed by atoms with van der Waals surface area (Å²) in [5.74, 6) is 2.00. The number of aromatic nitrogens is 3. The molecule has 1 aliphatic rings. The summed E-state index contributed by atoms with van der Waals surface area (Å²) in [6.07, 6.45) is 0. The molecular weight excluding hydrogens is 619 g/mol. The molecule has 8 aromatic carbocycles. The van der Waals surface area contributed by atoms with Gasteiger partial charge in [0.2, 0.25) is 0 Å². The van der Waals surface area contributed by atoms with Gasteiger partial charge in [-0.05, 0) is 71.8 Å². The van der Waals surface area contributed by atoms with Gasteiger partial charge in [-0.25, -0.2) is 15.0 Å². The van der Waals surface area contributed by atoms with E-state index in [2.05, 4.69) is 159 Å². The van der Waals surface area contributed by atoms with E-state index >= 15 is 0 Å². The quantitative estimate of drug-likeness (QED) is 0.140. The van der Waals surface area contributed by atoms with Gasteiger partial charge in [-0.3, -0.25) is 0 Å². The Balaban J connectivity index is 1.16. The summed E-state index contributed by atoms with van der Waals surface area (Å²) in [6, 6.07) is 58.4. The van der Waals surface area contributed by atoms with Crippen LogP contribution in [0.1, 0.15) is 25.0 Å². The summed E-state index contributed by atoms with van der Waals surface area (Å²) < 4.78 is 0. The van der Waals surface area contributed by atoms with E-state index in [4.69, 9.17) is 15.0 Å². The molecule has 1 heterocycles. The molecule has 0 saturated heterocycles. The van der Waals surface area contributed by atoms with Crippen molar-refractivity contribution in [1.82, 2.24) is 15.0 Å². The molecular formula is C48H33N3. The van der Waals surface area contributed by atoms with E-state index in [1.807, 2.05) is 18.2 Å². The highest BCUT2D eigenvalue weighted by Gasteiger charge is 2.37. The molecule has 0 bridgehead atoms. The van der Waals surface area contributed by atoms with E-state index in [-0.39, 0.29) is 5.41 Å². The maximum absolute atomic E-state index is 5.21. The zero-order valence-electron chi connectivity index (χ0n) is 28.4. The predicted octanol–water partition coefficient (Wildman–Crippen LogP) is 12.3. The number of hydrogen-bond donors (Lipinski definition) is 0. The Hall–Kier alpha value is -6.45. The van der Waals surface area contributed by atoms with Crippen molar-refractivity contribution in [3.8, 4) is 56.4 Å². The molecule has 1 aliphatic carbocycles. The molecule has 0 unspecified atom stereocenters. The smallest absolute Gasteiger partial charge is 0.164 e. The molecule has 0 saturated carbocycles. The third-order valence-corrected chi connectivity index (χ3v) is 10.7. The average molecular weight is 652 g/mol. The number of rotatable bonds is 4. The third kappa shape index (κ3) is 4.62. The van der Waals surface area contributed by atoms with Crippen molar-refractivity contribution in [2.45, 2.75) is 19.3 Å². The van der Waals surface area contributed by atoms with Gasteiger partial charge in [0.25, 0.3) is 0 Å². The van der Waals surface area contributed by atoms with E-state index < -0.39 is 0 Å². The molecule has 240 valence electrons. The van der Waals surface area contributed by atoms with Crippen molar-refractivity contribution in [1.29, 1.82) is 0 Å². The Morgan fingerprint density at radius 2 is 0.941 bits per heavy atom. The van der Waals surface area contributed by atoms with Crippen LogP contribution in [0, 0.1) is 0 Å². The zero-order valence-corrected chi connectivity index (χ0v) is 28.4. The lowest BCUT2D eigenvalue weighted by Gasteiger charge is -2.21. The zero-order chi connectivity index (χ0) is 34.1. The highest BCUT2D eigenvalue weighted by molar-refractivity contribution is 6.20. The lowest BCUT2D eigenvalue weighted by Crippen LogP contribution is -2.14.